The molecule has 0 aliphatic carbocycles. The van der Waals surface area contributed by atoms with E-state index in [1.165, 1.54) is 0 Å². The molecule has 3 heterocycles. The van der Waals surface area contributed by atoms with Gasteiger partial charge < -0.3 is 18.9 Å². The van der Waals surface area contributed by atoms with E-state index in [0.717, 1.165) is 78.9 Å². The summed E-state index contributed by atoms with van der Waals surface area (Å²) in [6, 6.07) is 0. The summed E-state index contributed by atoms with van der Waals surface area (Å²) in [5.74, 6) is 0. The van der Waals surface area contributed by atoms with Crippen LogP contribution in [0, 0.1) is 0 Å². The van der Waals surface area contributed by atoms with E-state index in [9.17, 15) is 0 Å². The summed E-state index contributed by atoms with van der Waals surface area (Å²) in [6.45, 7) is 10.7. The molecule has 20 heavy (non-hydrogen) atoms. The number of rotatable bonds is 4. The highest BCUT2D eigenvalue weighted by Crippen LogP contribution is 2.12. The second-order valence-corrected chi connectivity index (χ2v) is 5.74. The van der Waals surface area contributed by atoms with Crippen molar-refractivity contribution in [3.63, 3.8) is 0 Å². The van der Waals surface area contributed by atoms with Gasteiger partial charge in [-0.05, 0) is 0 Å². The molecular formula is C14H26N2O4. The third kappa shape index (κ3) is 4.38. The molecule has 0 aromatic carbocycles. The quantitative estimate of drug-likeness (QED) is 0.690. The zero-order valence-corrected chi connectivity index (χ0v) is 12.2. The summed E-state index contributed by atoms with van der Waals surface area (Å²) in [7, 11) is 0. The number of nitrogens with zero attached hydrogens (tertiary/aromatic N) is 2. The van der Waals surface area contributed by atoms with Crippen LogP contribution in [0.5, 0.6) is 0 Å². The number of morpholine rings is 2. The number of ether oxygens (including phenoxy) is 4. The summed E-state index contributed by atoms with van der Waals surface area (Å²) in [5.41, 5.74) is 0. The predicted molar refractivity (Wildman–Crippen MR) is 74.0 cm³/mol. The molecule has 3 rings (SSSR count). The lowest BCUT2D eigenvalue weighted by atomic mass is 10.2. The molecule has 6 heteroatoms. The molecule has 0 aromatic heterocycles. The largest absolute Gasteiger partial charge is 0.379 e. The minimum absolute atomic E-state index is 0.202. The Morgan fingerprint density at radius 1 is 0.650 bits per heavy atom. The molecule has 0 aromatic rings. The highest BCUT2D eigenvalue weighted by atomic mass is 16.6. The molecular weight excluding hydrogens is 260 g/mol. The Labute approximate surface area is 120 Å². The van der Waals surface area contributed by atoms with Gasteiger partial charge in [0, 0.05) is 39.3 Å². The predicted octanol–water partition coefficient (Wildman–Crippen LogP) is -0.565. The topological polar surface area (TPSA) is 43.4 Å². The van der Waals surface area contributed by atoms with Crippen molar-refractivity contribution in [2.45, 2.75) is 12.2 Å². The van der Waals surface area contributed by atoms with E-state index >= 15 is 0 Å². The van der Waals surface area contributed by atoms with E-state index < -0.39 is 0 Å². The van der Waals surface area contributed by atoms with Crippen molar-refractivity contribution in [1.29, 1.82) is 0 Å². The fourth-order valence-corrected chi connectivity index (χ4v) is 3.02. The first-order valence-electron chi connectivity index (χ1n) is 7.73. The van der Waals surface area contributed by atoms with Gasteiger partial charge in [0.1, 0.15) is 0 Å². The van der Waals surface area contributed by atoms with Crippen LogP contribution in [0.2, 0.25) is 0 Å². The van der Waals surface area contributed by atoms with Gasteiger partial charge in [-0.3, -0.25) is 9.80 Å². The molecule has 3 fully saturated rings. The molecule has 2 atom stereocenters. The zero-order valence-electron chi connectivity index (χ0n) is 12.2. The van der Waals surface area contributed by atoms with Gasteiger partial charge in [-0.1, -0.05) is 0 Å². The van der Waals surface area contributed by atoms with Gasteiger partial charge in [-0.2, -0.15) is 0 Å². The Bertz CT molecular complexity index is 254. The van der Waals surface area contributed by atoms with Gasteiger partial charge in [-0.25, -0.2) is 0 Å². The standard InChI is InChI=1S/C14H26N2O4/c1-5-17-6-2-15(1)9-13-11-19-12-14(20-13)10-16-3-7-18-8-4-16/h13-14H,1-12H2/t13-,14+. The molecule has 3 aliphatic rings. The van der Waals surface area contributed by atoms with Crippen LogP contribution in [0.3, 0.4) is 0 Å². The molecule has 0 saturated carbocycles. The molecule has 3 saturated heterocycles. The molecule has 0 radical (unpaired) electrons. The highest BCUT2D eigenvalue weighted by molar-refractivity contribution is 4.76. The van der Waals surface area contributed by atoms with E-state index in [4.69, 9.17) is 18.9 Å². The molecule has 0 N–H and O–H groups in total. The molecule has 0 bridgehead atoms. The molecule has 0 spiro atoms. The highest BCUT2D eigenvalue weighted by Gasteiger charge is 2.27. The normalized spacial score (nSPS) is 34.2. The van der Waals surface area contributed by atoms with Gasteiger partial charge >= 0.3 is 0 Å². The maximum Gasteiger partial charge on any atom is 0.0940 e. The fourth-order valence-electron chi connectivity index (χ4n) is 3.02. The van der Waals surface area contributed by atoms with Crippen molar-refractivity contribution in [3.05, 3.63) is 0 Å². The summed E-state index contributed by atoms with van der Waals surface area (Å²) >= 11 is 0. The summed E-state index contributed by atoms with van der Waals surface area (Å²) < 4.78 is 22.7. The molecule has 6 nitrogen and oxygen atoms in total. The Balaban J connectivity index is 1.41. The fraction of sp³-hybridized carbons (Fsp3) is 1.00. The summed E-state index contributed by atoms with van der Waals surface area (Å²) in [4.78, 5) is 4.82. The van der Waals surface area contributed by atoms with Crippen LogP contribution in [0.4, 0.5) is 0 Å². The van der Waals surface area contributed by atoms with E-state index in [2.05, 4.69) is 9.80 Å². The van der Waals surface area contributed by atoms with Gasteiger partial charge in [0.05, 0.1) is 51.8 Å². The molecule has 0 unspecified atom stereocenters. The lowest BCUT2D eigenvalue weighted by molar-refractivity contribution is -0.156. The second kappa shape index (κ2) is 7.68. The summed E-state index contributed by atoms with van der Waals surface area (Å²) in [6.07, 6.45) is 0.404. The first-order chi connectivity index (χ1) is 9.90. The second-order valence-electron chi connectivity index (χ2n) is 5.74. The van der Waals surface area contributed by atoms with Gasteiger partial charge in [0.15, 0.2) is 0 Å². The average Bonchev–Trinajstić information content (AvgIpc) is 2.50. The summed E-state index contributed by atoms with van der Waals surface area (Å²) in [5, 5.41) is 0. The van der Waals surface area contributed by atoms with Gasteiger partial charge in [0.25, 0.3) is 0 Å². The van der Waals surface area contributed by atoms with Crippen molar-refractivity contribution in [3.8, 4) is 0 Å². The van der Waals surface area contributed by atoms with E-state index in [1.54, 1.807) is 0 Å². The first-order valence-corrected chi connectivity index (χ1v) is 7.73. The van der Waals surface area contributed by atoms with E-state index in [1.807, 2.05) is 0 Å². The van der Waals surface area contributed by atoms with Gasteiger partial charge in [-0.15, -0.1) is 0 Å². The van der Waals surface area contributed by atoms with Crippen LogP contribution in [0.15, 0.2) is 0 Å². The lowest BCUT2D eigenvalue weighted by Gasteiger charge is -2.37. The van der Waals surface area contributed by atoms with Crippen molar-refractivity contribution >= 4 is 0 Å². The minimum atomic E-state index is 0.202. The van der Waals surface area contributed by atoms with Crippen LogP contribution in [-0.2, 0) is 18.9 Å². The van der Waals surface area contributed by atoms with Crippen molar-refractivity contribution in [2.24, 2.45) is 0 Å². The number of hydrogen-bond donors (Lipinski definition) is 0. The van der Waals surface area contributed by atoms with Crippen LogP contribution in [-0.4, -0.2) is 101 Å². The van der Waals surface area contributed by atoms with Crippen molar-refractivity contribution < 1.29 is 18.9 Å². The maximum atomic E-state index is 6.20. The third-order valence-corrected chi connectivity index (χ3v) is 4.12. The average molecular weight is 286 g/mol. The molecule has 3 aliphatic heterocycles. The van der Waals surface area contributed by atoms with Crippen LogP contribution in [0.25, 0.3) is 0 Å². The minimum Gasteiger partial charge on any atom is -0.379 e. The number of hydrogen-bond acceptors (Lipinski definition) is 6. The molecule has 116 valence electrons. The van der Waals surface area contributed by atoms with Crippen LogP contribution < -0.4 is 0 Å². The Morgan fingerprint density at radius 3 is 1.55 bits per heavy atom. The first kappa shape index (κ1) is 14.7. The van der Waals surface area contributed by atoms with Gasteiger partial charge in [0.2, 0.25) is 0 Å². The van der Waals surface area contributed by atoms with Crippen LogP contribution in [0.1, 0.15) is 0 Å². The van der Waals surface area contributed by atoms with Crippen LogP contribution >= 0.6 is 0 Å². The monoisotopic (exact) mass is 286 g/mol. The smallest absolute Gasteiger partial charge is 0.0940 e. The SMILES string of the molecule is C1CN(C[C@H]2COC[C@@H](CN3CCOCC3)O2)CCO1. The van der Waals surface area contributed by atoms with E-state index in [0.29, 0.717) is 0 Å². The Kier molecular flexibility index (Phi) is 5.64. The van der Waals surface area contributed by atoms with Crippen molar-refractivity contribution in [1.82, 2.24) is 9.80 Å². The maximum absolute atomic E-state index is 6.20. The van der Waals surface area contributed by atoms with Crippen molar-refractivity contribution in [2.75, 3.05) is 78.9 Å². The zero-order chi connectivity index (χ0) is 13.6. The third-order valence-electron chi connectivity index (χ3n) is 4.12. The molecule has 0 amide bonds. The Hall–Kier alpha value is -0.240. The Morgan fingerprint density at radius 2 is 1.10 bits per heavy atom. The van der Waals surface area contributed by atoms with E-state index in [-0.39, 0.29) is 12.2 Å². The lowest BCUT2D eigenvalue weighted by Crippen LogP contribution is -2.50.